The number of H-pyrrole nitrogens is 1. The summed E-state index contributed by atoms with van der Waals surface area (Å²) < 4.78 is 5.45. The van der Waals surface area contributed by atoms with Crippen LogP contribution >= 0.6 is 0 Å². The van der Waals surface area contributed by atoms with Crippen LogP contribution in [0.25, 0.3) is 22.2 Å². The lowest BCUT2D eigenvalue weighted by molar-refractivity contribution is 0.0690. The van der Waals surface area contributed by atoms with Gasteiger partial charge in [-0.3, -0.25) is 0 Å². The fraction of sp³-hybridized carbons (Fsp3) is 0.0714. The van der Waals surface area contributed by atoms with Gasteiger partial charge in [-0.25, -0.2) is 4.79 Å². The Bertz CT molecular complexity index is 736. The molecule has 4 nitrogen and oxygen atoms in total. The molecular weight excluding hydrogens is 230 g/mol. The summed E-state index contributed by atoms with van der Waals surface area (Å²) in [6.45, 7) is 1.77. The zero-order valence-corrected chi connectivity index (χ0v) is 9.73. The van der Waals surface area contributed by atoms with E-state index in [2.05, 4.69) is 4.98 Å². The van der Waals surface area contributed by atoms with Gasteiger partial charge in [0.1, 0.15) is 11.3 Å². The van der Waals surface area contributed by atoms with Gasteiger partial charge >= 0.3 is 5.97 Å². The predicted molar refractivity (Wildman–Crippen MR) is 67.7 cm³/mol. The standard InChI is InChI=1S/C14H11NO3/c1-8-7-11(15-12(8)14(16)17)10-4-2-3-9-5-6-18-13(9)10/h2-7,15H,1H3,(H,16,17). The average molecular weight is 241 g/mol. The Kier molecular flexibility index (Phi) is 2.23. The van der Waals surface area contributed by atoms with Crippen molar-refractivity contribution in [3.63, 3.8) is 0 Å². The zero-order valence-electron chi connectivity index (χ0n) is 9.73. The molecule has 90 valence electrons. The number of aromatic amines is 1. The maximum Gasteiger partial charge on any atom is 0.352 e. The third-order valence-corrected chi connectivity index (χ3v) is 3.00. The number of fused-ring (bicyclic) bond motifs is 1. The molecule has 1 aromatic carbocycles. The molecule has 0 radical (unpaired) electrons. The van der Waals surface area contributed by atoms with Crippen LogP contribution in [0.4, 0.5) is 0 Å². The van der Waals surface area contributed by atoms with Gasteiger partial charge in [-0.05, 0) is 30.7 Å². The monoisotopic (exact) mass is 241 g/mol. The van der Waals surface area contributed by atoms with Gasteiger partial charge < -0.3 is 14.5 Å². The summed E-state index contributed by atoms with van der Waals surface area (Å²) >= 11 is 0. The highest BCUT2D eigenvalue weighted by Crippen LogP contribution is 2.29. The smallest absolute Gasteiger partial charge is 0.352 e. The van der Waals surface area contributed by atoms with Crippen LogP contribution < -0.4 is 0 Å². The SMILES string of the molecule is Cc1cc(-c2cccc3ccoc23)[nH]c1C(=O)O. The maximum absolute atomic E-state index is 11.0. The van der Waals surface area contributed by atoms with Gasteiger partial charge in [-0.2, -0.15) is 0 Å². The number of rotatable bonds is 2. The number of carbonyl (C=O) groups is 1. The van der Waals surface area contributed by atoms with E-state index in [1.165, 1.54) is 0 Å². The molecule has 0 aliphatic carbocycles. The van der Waals surface area contributed by atoms with E-state index in [0.717, 1.165) is 22.2 Å². The molecule has 0 aliphatic heterocycles. The van der Waals surface area contributed by atoms with E-state index in [-0.39, 0.29) is 5.69 Å². The number of aryl methyl sites for hydroxylation is 1. The Morgan fingerprint density at radius 3 is 2.89 bits per heavy atom. The summed E-state index contributed by atoms with van der Waals surface area (Å²) in [5.41, 5.74) is 3.31. The number of carboxylic acid groups (broad SMARTS) is 1. The van der Waals surface area contributed by atoms with Gasteiger partial charge in [-0.15, -0.1) is 0 Å². The highest BCUT2D eigenvalue weighted by Gasteiger charge is 2.14. The van der Waals surface area contributed by atoms with Crippen molar-refractivity contribution in [1.82, 2.24) is 4.98 Å². The van der Waals surface area contributed by atoms with Crippen LogP contribution in [0.15, 0.2) is 41.0 Å². The van der Waals surface area contributed by atoms with Gasteiger partial charge in [0.15, 0.2) is 0 Å². The number of furan rings is 1. The maximum atomic E-state index is 11.0. The minimum absolute atomic E-state index is 0.216. The number of benzene rings is 1. The third-order valence-electron chi connectivity index (χ3n) is 3.00. The molecule has 0 amide bonds. The molecule has 4 heteroatoms. The van der Waals surface area contributed by atoms with E-state index in [1.54, 1.807) is 13.2 Å². The van der Waals surface area contributed by atoms with Crippen LogP contribution in [-0.2, 0) is 0 Å². The van der Waals surface area contributed by atoms with Crippen LogP contribution in [0, 0.1) is 6.92 Å². The first-order valence-corrected chi connectivity index (χ1v) is 5.56. The summed E-state index contributed by atoms with van der Waals surface area (Å²) in [5.74, 6) is -0.953. The van der Waals surface area contributed by atoms with E-state index in [9.17, 15) is 4.79 Å². The Morgan fingerprint density at radius 2 is 2.17 bits per heavy atom. The lowest BCUT2D eigenvalue weighted by Crippen LogP contribution is -1.98. The van der Waals surface area contributed by atoms with Crippen LogP contribution in [0.5, 0.6) is 0 Å². The predicted octanol–water partition coefficient (Wildman–Crippen LogP) is 3.43. The van der Waals surface area contributed by atoms with Crippen molar-refractivity contribution < 1.29 is 14.3 Å². The van der Waals surface area contributed by atoms with Gasteiger partial charge in [0, 0.05) is 10.9 Å². The molecule has 3 aromatic rings. The fourth-order valence-corrected chi connectivity index (χ4v) is 2.13. The molecule has 0 aliphatic rings. The van der Waals surface area contributed by atoms with E-state index >= 15 is 0 Å². The number of carboxylic acids is 1. The van der Waals surface area contributed by atoms with E-state index < -0.39 is 5.97 Å². The van der Waals surface area contributed by atoms with Crippen LogP contribution in [0.1, 0.15) is 16.1 Å². The lowest BCUT2D eigenvalue weighted by Gasteiger charge is -1.99. The van der Waals surface area contributed by atoms with Crippen LogP contribution in [0.2, 0.25) is 0 Å². The molecule has 0 atom stereocenters. The molecule has 2 aromatic heterocycles. The van der Waals surface area contributed by atoms with Crippen molar-refractivity contribution in [3.8, 4) is 11.3 Å². The second kappa shape index (κ2) is 3.77. The molecule has 2 heterocycles. The number of para-hydroxylation sites is 1. The molecule has 0 saturated heterocycles. The molecule has 0 spiro atoms. The molecule has 2 N–H and O–H groups in total. The lowest BCUT2D eigenvalue weighted by atomic mass is 10.1. The Hall–Kier alpha value is -2.49. The summed E-state index contributed by atoms with van der Waals surface area (Å²) in [5, 5.41) is 10.0. The first-order valence-electron chi connectivity index (χ1n) is 5.56. The summed E-state index contributed by atoms with van der Waals surface area (Å²) in [7, 11) is 0. The van der Waals surface area contributed by atoms with Crippen molar-refractivity contribution in [2.24, 2.45) is 0 Å². The Morgan fingerprint density at radius 1 is 1.33 bits per heavy atom. The minimum atomic E-state index is -0.953. The van der Waals surface area contributed by atoms with Gasteiger partial charge in [0.25, 0.3) is 0 Å². The largest absolute Gasteiger partial charge is 0.477 e. The summed E-state index contributed by atoms with van der Waals surface area (Å²) in [6.07, 6.45) is 1.63. The van der Waals surface area contributed by atoms with Gasteiger partial charge in [0.05, 0.1) is 12.0 Å². The summed E-state index contributed by atoms with van der Waals surface area (Å²) in [4.78, 5) is 13.9. The molecule has 0 bridgehead atoms. The third kappa shape index (κ3) is 1.50. The second-order valence-corrected chi connectivity index (χ2v) is 4.19. The van der Waals surface area contributed by atoms with Crippen molar-refractivity contribution in [2.45, 2.75) is 6.92 Å². The molecule has 0 unspecified atom stereocenters. The Labute approximate surface area is 103 Å². The average Bonchev–Trinajstić information content (AvgIpc) is 2.94. The highest BCUT2D eigenvalue weighted by molar-refractivity contribution is 5.94. The highest BCUT2D eigenvalue weighted by atomic mass is 16.4. The van der Waals surface area contributed by atoms with Crippen molar-refractivity contribution in [2.75, 3.05) is 0 Å². The van der Waals surface area contributed by atoms with Crippen molar-refractivity contribution >= 4 is 16.9 Å². The van der Waals surface area contributed by atoms with Crippen LogP contribution in [0.3, 0.4) is 0 Å². The van der Waals surface area contributed by atoms with Crippen molar-refractivity contribution in [3.05, 3.63) is 47.9 Å². The van der Waals surface area contributed by atoms with E-state index in [0.29, 0.717) is 5.56 Å². The fourth-order valence-electron chi connectivity index (χ4n) is 2.13. The number of hydrogen-bond donors (Lipinski definition) is 2. The molecule has 18 heavy (non-hydrogen) atoms. The van der Waals surface area contributed by atoms with E-state index in [4.69, 9.17) is 9.52 Å². The number of nitrogens with one attached hydrogen (secondary N) is 1. The topological polar surface area (TPSA) is 66.2 Å². The second-order valence-electron chi connectivity index (χ2n) is 4.19. The molecule has 0 saturated carbocycles. The van der Waals surface area contributed by atoms with Gasteiger partial charge in [-0.1, -0.05) is 12.1 Å². The molecule has 3 rings (SSSR count). The Balaban J connectivity index is 2.23. The number of hydrogen-bond acceptors (Lipinski definition) is 2. The molecular formula is C14H11NO3. The number of aromatic nitrogens is 1. The number of aromatic carboxylic acids is 1. The first kappa shape index (κ1) is 10.7. The van der Waals surface area contributed by atoms with Crippen molar-refractivity contribution in [1.29, 1.82) is 0 Å². The quantitative estimate of drug-likeness (QED) is 0.722. The zero-order chi connectivity index (χ0) is 12.7. The minimum Gasteiger partial charge on any atom is -0.477 e. The van der Waals surface area contributed by atoms with E-state index in [1.807, 2.05) is 30.3 Å². The van der Waals surface area contributed by atoms with Crippen LogP contribution in [-0.4, -0.2) is 16.1 Å². The molecule has 0 fully saturated rings. The first-order chi connectivity index (χ1) is 8.66. The normalized spacial score (nSPS) is 10.9. The van der Waals surface area contributed by atoms with Gasteiger partial charge in [0.2, 0.25) is 0 Å². The summed E-state index contributed by atoms with van der Waals surface area (Å²) in [6, 6.07) is 9.48.